The monoisotopic (exact) mass is 255 g/mol. The van der Waals surface area contributed by atoms with Crippen LogP contribution in [0.2, 0.25) is 0 Å². The SMILES string of the molecule is CCC(C)CC(=O)N1CCC(C)(C(N)=NO)CC1. The molecule has 0 aromatic rings. The lowest BCUT2D eigenvalue weighted by atomic mass is 9.79. The third kappa shape index (κ3) is 3.37. The number of nitrogens with two attached hydrogens (primary N) is 1. The molecule has 1 heterocycles. The summed E-state index contributed by atoms with van der Waals surface area (Å²) in [7, 11) is 0. The van der Waals surface area contributed by atoms with Crippen LogP contribution < -0.4 is 5.73 Å². The van der Waals surface area contributed by atoms with Crippen molar-refractivity contribution in [1.29, 1.82) is 0 Å². The number of carbonyl (C=O) groups excluding carboxylic acids is 1. The van der Waals surface area contributed by atoms with E-state index in [0.717, 1.165) is 19.3 Å². The number of rotatable bonds is 4. The Balaban J connectivity index is 2.51. The topological polar surface area (TPSA) is 78.9 Å². The Labute approximate surface area is 109 Å². The van der Waals surface area contributed by atoms with E-state index in [1.807, 2.05) is 11.8 Å². The number of likely N-dealkylation sites (tertiary alicyclic amines) is 1. The number of hydrogen-bond acceptors (Lipinski definition) is 3. The van der Waals surface area contributed by atoms with Gasteiger partial charge >= 0.3 is 0 Å². The summed E-state index contributed by atoms with van der Waals surface area (Å²) < 4.78 is 0. The molecule has 1 amide bonds. The number of oxime groups is 1. The molecule has 1 aliphatic heterocycles. The van der Waals surface area contributed by atoms with Crippen LogP contribution in [0.25, 0.3) is 0 Å². The molecule has 0 spiro atoms. The Morgan fingerprint density at radius 1 is 1.50 bits per heavy atom. The predicted octanol–water partition coefficient (Wildman–Crippen LogP) is 1.80. The molecule has 0 aliphatic carbocycles. The van der Waals surface area contributed by atoms with Crippen LogP contribution in [0.5, 0.6) is 0 Å². The molecule has 1 atom stereocenters. The molecule has 1 saturated heterocycles. The lowest BCUT2D eigenvalue weighted by Gasteiger charge is -2.38. The first-order chi connectivity index (χ1) is 8.42. The van der Waals surface area contributed by atoms with E-state index in [2.05, 4.69) is 19.0 Å². The summed E-state index contributed by atoms with van der Waals surface area (Å²) in [6, 6.07) is 0. The molecule has 104 valence electrons. The number of nitrogens with zero attached hydrogens (tertiary/aromatic N) is 2. The van der Waals surface area contributed by atoms with E-state index >= 15 is 0 Å². The van der Waals surface area contributed by atoms with Crippen molar-refractivity contribution in [1.82, 2.24) is 4.90 Å². The Morgan fingerprint density at radius 2 is 2.06 bits per heavy atom. The van der Waals surface area contributed by atoms with Gasteiger partial charge in [-0.3, -0.25) is 4.79 Å². The fraction of sp³-hybridized carbons (Fsp3) is 0.846. The zero-order valence-electron chi connectivity index (χ0n) is 11.6. The lowest BCUT2D eigenvalue weighted by Crippen LogP contribution is -2.47. The van der Waals surface area contributed by atoms with Crippen LogP contribution in [-0.4, -0.2) is 34.9 Å². The summed E-state index contributed by atoms with van der Waals surface area (Å²) in [5.74, 6) is 0.942. The van der Waals surface area contributed by atoms with E-state index in [9.17, 15) is 4.79 Å². The van der Waals surface area contributed by atoms with Gasteiger partial charge < -0.3 is 15.8 Å². The van der Waals surface area contributed by atoms with E-state index < -0.39 is 0 Å². The van der Waals surface area contributed by atoms with E-state index in [-0.39, 0.29) is 17.2 Å². The van der Waals surface area contributed by atoms with Crippen molar-refractivity contribution >= 4 is 11.7 Å². The smallest absolute Gasteiger partial charge is 0.222 e. The van der Waals surface area contributed by atoms with Gasteiger partial charge in [-0.1, -0.05) is 32.3 Å². The molecular weight excluding hydrogens is 230 g/mol. The maximum Gasteiger partial charge on any atom is 0.222 e. The predicted molar refractivity (Wildman–Crippen MR) is 71.4 cm³/mol. The molecule has 1 aliphatic rings. The maximum absolute atomic E-state index is 12.0. The van der Waals surface area contributed by atoms with Gasteiger partial charge in [0, 0.05) is 24.9 Å². The van der Waals surface area contributed by atoms with Crippen molar-refractivity contribution in [3.8, 4) is 0 Å². The fourth-order valence-corrected chi connectivity index (χ4v) is 2.20. The van der Waals surface area contributed by atoms with Crippen LogP contribution in [0.3, 0.4) is 0 Å². The van der Waals surface area contributed by atoms with Crippen LogP contribution in [0.1, 0.15) is 46.5 Å². The second-order valence-electron chi connectivity index (χ2n) is 5.64. The minimum absolute atomic E-state index is 0.228. The maximum atomic E-state index is 12.0. The first kappa shape index (κ1) is 14.8. The van der Waals surface area contributed by atoms with Gasteiger partial charge in [0.05, 0.1) is 0 Å². The molecule has 0 aromatic carbocycles. The molecule has 1 rings (SSSR count). The summed E-state index contributed by atoms with van der Waals surface area (Å²) in [6.45, 7) is 7.58. The van der Waals surface area contributed by atoms with Gasteiger partial charge in [0.2, 0.25) is 5.91 Å². The standard InChI is InChI=1S/C13H25N3O2/c1-4-10(2)9-11(17)16-7-5-13(3,6-8-16)12(14)15-18/h10,18H,4-9H2,1-3H3,(H2,14,15). The minimum Gasteiger partial charge on any atom is -0.409 e. The van der Waals surface area contributed by atoms with Crippen molar-refractivity contribution in [2.75, 3.05) is 13.1 Å². The molecule has 5 nitrogen and oxygen atoms in total. The molecule has 3 N–H and O–H groups in total. The Morgan fingerprint density at radius 3 is 2.50 bits per heavy atom. The molecule has 1 unspecified atom stereocenters. The largest absolute Gasteiger partial charge is 0.409 e. The highest BCUT2D eigenvalue weighted by atomic mass is 16.4. The Hall–Kier alpha value is -1.26. The van der Waals surface area contributed by atoms with Crippen molar-refractivity contribution in [3.05, 3.63) is 0 Å². The first-order valence-electron chi connectivity index (χ1n) is 6.68. The van der Waals surface area contributed by atoms with Gasteiger partial charge in [-0.15, -0.1) is 0 Å². The van der Waals surface area contributed by atoms with E-state index in [1.54, 1.807) is 0 Å². The zero-order valence-corrected chi connectivity index (χ0v) is 11.6. The summed E-state index contributed by atoms with van der Waals surface area (Å²) in [6.07, 6.45) is 3.17. The average Bonchev–Trinajstić information content (AvgIpc) is 2.38. The van der Waals surface area contributed by atoms with E-state index in [0.29, 0.717) is 25.4 Å². The molecule has 0 aromatic heterocycles. The second-order valence-corrected chi connectivity index (χ2v) is 5.64. The quantitative estimate of drug-likeness (QED) is 0.348. The van der Waals surface area contributed by atoms with Crippen LogP contribution in [0.15, 0.2) is 5.16 Å². The van der Waals surface area contributed by atoms with Gasteiger partial charge in [-0.2, -0.15) is 0 Å². The molecule has 18 heavy (non-hydrogen) atoms. The third-order valence-electron chi connectivity index (χ3n) is 4.17. The van der Waals surface area contributed by atoms with Crippen molar-refractivity contribution < 1.29 is 10.0 Å². The molecule has 5 heteroatoms. The molecule has 0 bridgehead atoms. The zero-order chi connectivity index (χ0) is 13.8. The molecule has 0 radical (unpaired) electrons. The number of carbonyl (C=O) groups is 1. The minimum atomic E-state index is -0.276. The van der Waals surface area contributed by atoms with Gasteiger partial charge in [0.1, 0.15) is 5.84 Å². The normalized spacial score (nSPS) is 21.7. The lowest BCUT2D eigenvalue weighted by molar-refractivity contribution is -0.133. The summed E-state index contributed by atoms with van der Waals surface area (Å²) >= 11 is 0. The number of piperidine rings is 1. The van der Waals surface area contributed by atoms with Gasteiger partial charge in [-0.25, -0.2) is 0 Å². The number of amides is 1. The van der Waals surface area contributed by atoms with Crippen molar-refractivity contribution in [3.63, 3.8) is 0 Å². The van der Waals surface area contributed by atoms with Crippen LogP contribution >= 0.6 is 0 Å². The Bertz CT molecular complexity index is 320. The third-order valence-corrected chi connectivity index (χ3v) is 4.17. The second kappa shape index (κ2) is 6.07. The molecular formula is C13H25N3O2. The van der Waals surface area contributed by atoms with E-state index in [4.69, 9.17) is 10.9 Å². The summed E-state index contributed by atoms with van der Waals surface area (Å²) in [5.41, 5.74) is 5.43. The van der Waals surface area contributed by atoms with Crippen LogP contribution in [0, 0.1) is 11.3 Å². The molecule has 1 fully saturated rings. The summed E-state index contributed by atoms with van der Waals surface area (Å²) in [4.78, 5) is 13.9. The molecule has 0 saturated carbocycles. The highest BCUT2D eigenvalue weighted by Gasteiger charge is 2.35. The van der Waals surface area contributed by atoms with Crippen molar-refractivity contribution in [2.45, 2.75) is 46.5 Å². The fourth-order valence-electron chi connectivity index (χ4n) is 2.20. The first-order valence-corrected chi connectivity index (χ1v) is 6.68. The van der Waals surface area contributed by atoms with Crippen molar-refractivity contribution in [2.24, 2.45) is 22.2 Å². The average molecular weight is 255 g/mol. The van der Waals surface area contributed by atoms with Gasteiger partial charge in [0.25, 0.3) is 0 Å². The number of amidine groups is 1. The Kier molecular flexibility index (Phi) is 4.99. The summed E-state index contributed by atoms with van der Waals surface area (Å²) in [5, 5.41) is 11.9. The van der Waals surface area contributed by atoms with Gasteiger partial charge in [-0.05, 0) is 18.8 Å². The van der Waals surface area contributed by atoms with Gasteiger partial charge in [0.15, 0.2) is 0 Å². The van der Waals surface area contributed by atoms with E-state index in [1.165, 1.54) is 0 Å². The van der Waals surface area contributed by atoms with Crippen LogP contribution in [0.4, 0.5) is 0 Å². The highest BCUT2D eigenvalue weighted by Crippen LogP contribution is 2.31. The highest BCUT2D eigenvalue weighted by molar-refractivity contribution is 5.86. The van der Waals surface area contributed by atoms with Crippen LogP contribution in [-0.2, 0) is 4.79 Å². The number of hydrogen-bond donors (Lipinski definition) is 2.